The summed E-state index contributed by atoms with van der Waals surface area (Å²) in [6.45, 7) is 5.91. The summed E-state index contributed by atoms with van der Waals surface area (Å²) in [5.41, 5.74) is 4.18. The van der Waals surface area contributed by atoms with Gasteiger partial charge >= 0.3 is 12.1 Å². The van der Waals surface area contributed by atoms with Crippen molar-refractivity contribution in [1.29, 1.82) is 0 Å². The van der Waals surface area contributed by atoms with Crippen molar-refractivity contribution in [3.05, 3.63) is 63.9 Å². The van der Waals surface area contributed by atoms with Crippen molar-refractivity contribution in [2.45, 2.75) is 59.2 Å². The van der Waals surface area contributed by atoms with Crippen LogP contribution in [0.15, 0.2) is 34.7 Å². The molecule has 0 unspecified atom stereocenters. The van der Waals surface area contributed by atoms with Gasteiger partial charge in [0.15, 0.2) is 0 Å². The first-order valence-electron chi connectivity index (χ1n) is 10.7. The number of halogens is 3. The van der Waals surface area contributed by atoms with Crippen molar-refractivity contribution in [3.8, 4) is 17.6 Å². The summed E-state index contributed by atoms with van der Waals surface area (Å²) in [7, 11) is 0. The standard InChI is InChI=1S/C26H25F3O4/c1-4-5-22-14-20-12-18(10-11-26(27,28)29)13-21(25(20)33-22)15-32-23-8-6-19(7-9-24(30)31)16(2)17(23)3/h6,8,12-14H,4-5,7,9,15H2,1-3H3,(H,30,31). The molecule has 0 radical (unpaired) electrons. The molecule has 3 rings (SSSR count). The van der Waals surface area contributed by atoms with Gasteiger partial charge in [-0.05, 0) is 67.6 Å². The summed E-state index contributed by atoms with van der Waals surface area (Å²) < 4.78 is 49.7. The predicted molar refractivity (Wildman–Crippen MR) is 119 cm³/mol. The fourth-order valence-corrected chi connectivity index (χ4v) is 3.65. The van der Waals surface area contributed by atoms with E-state index in [1.165, 1.54) is 5.92 Å². The molecule has 0 aliphatic rings. The van der Waals surface area contributed by atoms with E-state index in [9.17, 15) is 18.0 Å². The maximum absolute atomic E-state index is 12.6. The first-order valence-corrected chi connectivity index (χ1v) is 10.7. The number of aliphatic carboxylic acids is 1. The zero-order valence-electron chi connectivity index (χ0n) is 18.7. The van der Waals surface area contributed by atoms with E-state index >= 15 is 0 Å². The van der Waals surface area contributed by atoms with Crippen LogP contribution in [0.25, 0.3) is 11.0 Å². The fraction of sp³-hybridized carbons (Fsp3) is 0.346. The topological polar surface area (TPSA) is 59.7 Å². The third-order valence-corrected chi connectivity index (χ3v) is 5.43. The molecule has 0 amide bonds. The van der Waals surface area contributed by atoms with Crippen LogP contribution >= 0.6 is 0 Å². The average Bonchev–Trinajstić information content (AvgIpc) is 3.14. The molecule has 0 saturated heterocycles. The number of alkyl halides is 3. The van der Waals surface area contributed by atoms with Crippen LogP contribution < -0.4 is 4.74 Å². The van der Waals surface area contributed by atoms with Crippen molar-refractivity contribution in [1.82, 2.24) is 0 Å². The lowest BCUT2D eigenvalue weighted by Gasteiger charge is -2.14. The summed E-state index contributed by atoms with van der Waals surface area (Å²) in [5.74, 6) is 4.02. The molecular formula is C26H25F3O4. The van der Waals surface area contributed by atoms with E-state index < -0.39 is 12.1 Å². The first kappa shape index (κ1) is 24.2. The van der Waals surface area contributed by atoms with Gasteiger partial charge in [-0.3, -0.25) is 4.79 Å². The molecule has 174 valence electrons. The minimum Gasteiger partial charge on any atom is -0.488 e. The number of furan rings is 1. The van der Waals surface area contributed by atoms with Crippen LogP contribution in [0.2, 0.25) is 0 Å². The summed E-state index contributed by atoms with van der Waals surface area (Å²) in [4.78, 5) is 10.9. The van der Waals surface area contributed by atoms with Crippen molar-refractivity contribution >= 4 is 16.9 Å². The minimum absolute atomic E-state index is 0.0445. The average molecular weight is 458 g/mol. The molecule has 33 heavy (non-hydrogen) atoms. The maximum atomic E-state index is 12.6. The van der Waals surface area contributed by atoms with Crippen LogP contribution in [0.3, 0.4) is 0 Å². The molecule has 0 bridgehead atoms. The molecule has 0 aliphatic heterocycles. The SMILES string of the molecule is CCCc1cc2cc(C#CC(F)(F)F)cc(COc3ccc(CCC(=O)O)c(C)c3C)c2o1. The number of hydrogen-bond acceptors (Lipinski definition) is 3. The highest BCUT2D eigenvalue weighted by molar-refractivity contribution is 5.83. The quantitative estimate of drug-likeness (QED) is 0.391. The lowest BCUT2D eigenvalue weighted by molar-refractivity contribution is -0.136. The Morgan fingerprint density at radius 2 is 1.85 bits per heavy atom. The molecule has 1 aromatic heterocycles. The zero-order chi connectivity index (χ0) is 24.2. The Balaban J connectivity index is 1.91. The first-order chi connectivity index (χ1) is 15.6. The number of carboxylic acids is 1. The van der Waals surface area contributed by atoms with Gasteiger partial charge < -0.3 is 14.3 Å². The van der Waals surface area contributed by atoms with E-state index in [-0.39, 0.29) is 18.6 Å². The molecule has 0 fully saturated rings. The van der Waals surface area contributed by atoms with Crippen LogP contribution in [0.5, 0.6) is 5.75 Å². The molecule has 4 nitrogen and oxygen atoms in total. The van der Waals surface area contributed by atoms with Gasteiger partial charge in [-0.1, -0.05) is 18.9 Å². The molecule has 0 saturated carbocycles. The van der Waals surface area contributed by atoms with Crippen molar-refractivity contribution in [2.75, 3.05) is 0 Å². The Bertz CT molecular complexity index is 1230. The van der Waals surface area contributed by atoms with Crippen LogP contribution in [-0.2, 0) is 24.2 Å². The van der Waals surface area contributed by atoms with E-state index in [4.69, 9.17) is 14.3 Å². The molecular weight excluding hydrogens is 433 g/mol. The lowest BCUT2D eigenvalue weighted by Crippen LogP contribution is -2.03. The Kier molecular flexibility index (Phi) is 7.37. The summed E-state index contributed by atoms with van der Waals surface area (Å²) >= 11 is 0. The Hall–Kier alpha value is -3.40. The van der Waals surface area contributed by atoms with Gasteiger partial charge in [-0.2, -0.15) is 13.2 Å². The largest absolute Gasteiger partial charge is 0.488 e. The summed E-state index contributed by atoms with van der Waals surface area (Å²) in [6.07, 6.45) is -2.52. The van der Waals surface area contributed by atoms with Gasteiger partial charge in [0.25, 0.3) is 0 Å². The highest BCUT2D eigenvalue weighted by Crippen LogP contribution is 2.30. The Morgan fingerprint density at radius 1 is 1.09 bits per heavy atom. The number of carboxylic acid groups (broad SMARTS) is 1. The number of carbonyl (C=O) groups is 1. The summed E-state index contributed by atoms with van der Waals surface area (Å²) in [5, 5.41) is 9.60. The number of ether oxygens (including phenoxy) is 1. The van der Waals surface area contributed by atoms with Crippen molar-refractivity contribution in [2.24, 2.45) is 0 Å². The third-order valence-electron chi connectivity index (χ3n) is 5.43. The molecule has 7 heteroatoms. The molecule has 2 aromatic carbocycles. The van der Waals surface area contributed by atoms with Crippen LogP contribution in [0, 0.1) is 25.7 Å². The van der Waals surface area contributed by atoms with Gasteiger partial charge in [-0.15, -0.1) is 0 Å². The number of rotatable bonds is 8. The molecule has 0 spiro atoms. The monoisotopic (exact) mass is 458 g/mol. The van der Waals surface area contributed by atoms with Gasteiger partial charge in [0.2, 0.25) is 0 Å². The Labute approximate surface area is 190 Å². The van der Waals surface area contributed by atoms with E-state index in [1.807, 2.05) is 32.9 Å². The lowest BCUT2D eigenvalue weighted by atomic mass is 9.99. The molecule has 1 N–H and O–H groups in total. The third kappa shape index (κ3) is 6.32. The molecule has 0 aliphatic carbocycles. The smallest absolute Gasteiger partial charge is 0.458 e. The van der Waals surface area contributed by atoms with Gasteiger partial charge in [0.1, 0.15) is 23.7 Å². The van der Waals surface area contributed by atoms with E-state index in [1.54, 1.807) is 18.2 Å². The van der Waals surface area contributed by atoms with Gasteiger partial charge in [0.05, 0.1) is 0 Å². The fourth-order valence-electron chi connectivity index (χ4n) is 3.65. The predicted octanol–water partition coefficient (Wildman–Crippen LogP) is 6.51. The number of aryl methyl sites for hydroxylation is 2. The summed E-state index contributed by atoms with van der Waals surface area (Å²) in [6, 6.07) is 8.60. The van der Waals surface area contributed by atoms with Crippen LogP contribution in [-0.4, -0.2) is 17.3 Å². The molecule has 3 aromatic rings. The zero-order valence-corrected chi connectivity index (χ0v) is 18.7. The second-order valence-corrected chi connectivity index (χ2v) is 7.92. The highest BCUT2D eigenvalue weighted by Gasteiger charge is 2.23. The normalized spacial score (nSPS) is 11.3. The second-order valence-electron chi connectivity index (χ2n) is 7.92. The van der Waals surface area contributed by atoms with Gasteiger partial charge in [0, 0.05) is 35.3 Å². The second kappa shape index (κ2) is 10.0. The molecule has 1 heterocycles. The minimum atomic E-state index is -4.58. The number of benzene rings is 2. The maximum Gasteiger partial charge on any atom is 0.458 e. The van der Waals surface area contributed by atoms with Crippen molar-refractivity contribution in [3.63, 3.8) is 0 Å². The van der Waals surface area contributed by atoms with E-state index in [0.717, 1.165) is 28.9 Å². The number of hydrogen-bond donors (Lipinski definition) is 1. The van der Waals surface area contributed by atoms with Crippen LogP contribution in [0.1, 0.15) is 53.3 Å². The van der Waals surface area contributed by atoms with Crippen LogP contribution in [0.4, 0.5) is 13.2 Å². The number of fused-ring (bicyclic) bond motifs is 1. The highest BCUT2D eigenvalue weighted by atomic mass is 19.4. The van der Waals surface area contributed by atoms with Crippen molar-refractivity contribution < 1.29 is 32.2 Å². The van der Waals surface area contributed by atoms with Gasteiger partial charge in [-0.25, -0.2) is 0 Å². The Morgan fingerprint density at radius 3 is 2.52 bits per heavy atom. The molecule has 0 atom stereocenters. The van der Waals surface area contributed by atoms with E-state index in [2.05, 4.69) is 5.92 Å². The van der Waals surface area contributed by atoms with E-state index in [0.29, 0.717) is 35.1 Å².